The summed E-state index contributed by atoms with van der Waals surface area (Å²) in [6.07, 6.45) is -3.21. The molecule has 0 radical (unpaired) electrons. The van der Waals surface area contributed by atoms with E-state index < -0.39 is 11.7 Å². The van der Waals surface area contributed by atoms with Crippen LogP contribution in [-0.2, 0) is 12.6 Å². The van der Waals surface area contributed by atoms with Crippen LogP contribution in [0.2, 0.25) is 0 Å². The summed E-state index contributed by atoms with van der Waals surface area (Å²) in [6, 6.07) is 3.36. The van der Waals surface area contributed by atoms with E-state index in [4.69, 9.17) is 11.5 Å². The molecule has 0 saturated carbocycles. The van der Waals surface area contributed by atoms with Crippen molar-refractivity contribution < 1.29 is 13.2 Å². The molecular formula is C10H13F3N2. The highest BCUT2D eigenvalue weighted by atomic mass is 19.4. The molecule has 0 atom stereocenters. The van der Waals surface area contributed by atoms with Gasteiger partial charge in [-0.15, -0.1) is 0 Å². The van der Waals surface area contributed by atoms with Gasteiger partial charge in [0.05, 0.1) is 5.56 Å². The summed E-state index contributed by atoms with van der Waals surface area (Å²) in [5.41, 5.74) is 11.1. The maximum absolute atomic E-state index is 12.4. The molecule has 0 bridgehead atoms. The van der Waals surface area contributed by atoms with Gasteiger partial charge >= 0.3 is 6.18 Å². The number of nitrogens with two attached hydrogens (primary N) is 2. The number of benzene rings is 1. The largest absolute Gasteiger partial charge is 0.416 e. The fourth-order valence-electron chi connectivity index (χ4n) is 1.29. The number of anilines is 1. The summed E-state index contributed by atoms with van der Waals surface area (Å²) in [5.74, 6) is 0. The van der Waals surface area contributed by atoms with Crippen molar-refractivity contribution in [3.8, 4) is 0 Å². The summed E-state index contributed by atoms with van der Waals surface area (Å²) < 4.78 is 37.1. The van der Waals surface area contributed by atoms with Crippen molar-refractivity contribution in [1.82, 2.24) is 0 Å². The van der Waals surface area contributed by atoms with Gasteiger partial charge in [0.25, 0.3) is 0 Å². The third-order valence-corrected chi connectivity index (χ3v) is 2.12. The molecule has 1 rings (SSSR count). The Morgan fingerprint density at radius 2 is 1.87 bits per heavy atom. The Hall–Kier alpha value is -1.23. The van der Waals surface area contributed by atoms with E-state index in [1.165, 1.54) is 6.07 Å². The number of halogens is 3. The Labute approximate surface area is 86.1 Å². The molecule has 15 heavy (non-hydrogen) atoms. The molecule has 0 spiro atoms. The van der Waals surface area contributed by atoms with Crippen LogP contribution in [0.15, 0.2) is 18.2 Å². The first-order valence-corrected chi connectivity index (χ1v) is 4.61. The minimum Gasteiger partial charge on any atom is -0.399 e. The Morgan fingerprint density at radius 3 is 2.40 bits per heavy atom. The van der Waals surface area contributed by atoms with Gasteiger partial charge in [-0.25, -0.2) is 0 Å². The second kappa shape index (κ2) is 4.53. The minimum atomic E-state index is -4.31. The molecule has 1 aromatic carbocycles. The zero-order valence-electron chi connectivity index (χ0n) is 8.14. The molecule has 2 nitrogen and oxygen atoms in total. The Balaban J connectivity index is 2.95. The Bertz CT molecular complexity index is 334. The molecule has 1 aromatic rings. The van der Waals surface area contributed by atoms with Crippen LogP contribution < -0.4 is 11.5 Å². The van der Waals surface area contributed by atoms with Crippen LogP contribution in [0.5, 0.6) is 0 Å². The van der Waals surface area contributed by atoms with Crippen molar-refractivity contribution in [2.45, 2.75) is 19.0 Å². The SMILES string of the molecule is NCCCc1cc(C(F)(F)F)ccc1N. The van der Waals surface area contributed by atoms with Crippen LogP contribution in [0.3, 0.4) is 0 Å². The standard InChI is InChI=1S/C10H13F3N2/c11-10(12,13)8-3-4-9(15)7(6-8)2-1-5-14/h3-4,6H,1-2,5,14-15H2. The van der Waals surface area contributed by atoms with Crippen molar-refractivity contribution in [2.24, 2.45) is 5.73 Å². The molecule has 0 aliphatic heterocycles. The van der Waals surface area contributed by atoms with Gasteiger partial charge < -0.3 is 11.5 Å². The van der Waals surface area contributed by atoms with Gasteiger partial charge in [-0.2, -0.15) is 13.2 Å². The summed E-state index contributed by atoms with van der Waals surface area (Å²) in [7, 11) is 0. The number of hydrogen-bond donors (Lipinski definition) is 2. The van der Waals surface area contributed by atoms with Gasteiger partial charge in [-0.05, 0) is 43.1 Å². The van der Waals surface area contributed by atoms with Crippen LogP contribution >= 0.6 is 0 Å². The molecule has 0 heterocycles. The third kappa shape index (κ3) is 3.13. The van der Waals surface area contributed by atoms with Gasteiger partial charge in [0.15, 0.2) is 0 Å². The monoisotopic (exact) mass is 218 g/mol. The molecule has 0 fully saturated rings. The summed E-state index contributed by atoms with van der Waals surface area (Å²) >= 11 is 0. The number of hydrogen-bond acceptors (Lipinski definition) is 2. The number of rotatable bonds is 3. The molecule has 5 heteroatoms. The van der Waals surface area contributed by atoms with Crippen LogP contribution in [0.1, 0.15) is 17.5 Å². The lowest BCUT2D eigenvalue weighted by molar-refractivity contribution is -0.137. The molecule has 0 saturated heterocycles. The first kappa shape index (κ1) is 11.8. The summed E-state index contributed by atoms with van der Waals surface area (Å²) in [6.45, 7) is 0.440. The zero-order chi connectivity index (χ0) is 11.5. The molecule has 0 amide bonds. The topological polar surface area (TPSA) is 52.0 Å². The Kier molecular flexibility index (Phi) is 3.57. The van der Waals surface area contributed by atoms with E-state index in [9.17, 15) is 13.2 Å². The van der Waals surface area contributed by atoms with Gasteiger partial charge in [0.2, 0.25) is 0 Å². The lowest BCUT2D eigenvalue weighted by Gasteiger charge is -2.10. The number of alkyl halides is 3. The maximum atomic E-state index is 12.4. The molecule has 84 valence electrons. The van der Waals surface area contributed by atoms with E-state index in [0.717, 1.165) is 12.1 Å². The van der Waals surface area contributed by atoms with Gasteiger partial charge in [-0.1, -0.05) is 0 Å². The average Bonchev–Trinajstić information content (AvgIpc) is 2.15. The fraction of sp³-hybridized carbons (Fsp3) is 0.400. The van der Waals surface area contributed by atoms with Crippen molar-refractivity contribution in [3.63, 3.8) is 0 Å². The highest BCUT2D eigenvalue weighted by Gasteiger charge is 2.30. The van der Waals surface area contributed by atoms with Crippen molar-refractivity contribution >= 4 is 5.69 Å². The number of nitrogen functional groups attached to an aromatic ring is 1. The average molecular weight is 218 g/mol. The van der Waals surface area contributed by atoms with Gasteiger partial charge in [0, 0.05) is 5.69 Å². The lowest BCUT2D eigenvalue weighted by atomic mass is 10.0. The van der Waals surface area contributed by atoms with Crippen molar-refractivity contribution in [3.05, 3.63) is 29.3 Å². The summed E-state index contributed by atoms with van der Waals surface area (Å²) in [4.78, 5) is 0. The van der Waals surface area contributed by atoms with Gasteiger partial charge in [0.1, 0.15) is 0 Å². The molecule has 4 N–H and O–H groups in total. The first-order valence-electron chi connectivity index (χ1n) is 4.61. The van der Waals surface area contributed by atoms with Crippen LogP contribution in [0.25, 0.3) is 0 Å². The molecule has 0 aliphatic carbocycles. The highest BCUT2D eigenvalue weighted by molar-refractivity contribution is 5.49. The maximum Gasteiger partial charge on any atom is 0.416 e. The minimum absolute atomic E-state index is 0.386. The Morgan fingerprint density at radius 1 is 1.20 bits per heavy atom. The second-order valence-corrected chi connectivity index (χ2v) is 3.30. The smallest absolute Gasteiger partial charge is 0.399 e. The quantitative estimate of drug-likeness (QED) is 0.764. The molecule has 0 unspecified atom stereocenters. The van der Waals surface area contributed by atoms with Crippen molar-refractivity contribution in [1.29, 1.82) is 0 Å². The summed E-state index contributed by atoms with van der Waals surface area (Å²) in [5, 5.41) is 0. The lowest BCUT2D eigenvalue weighted by Crippen LogP contribution is -2.08. The van der Waals surface area contributed by atoms with E-state index in [1.54, 1.807) is 0 Å². The van der Waals surface area contributed by atoms with E-state index in [2.05, 4.69) is 0 Å². The highest BCUT2D eigenvalue weighted by Crippen LogP contribution is 2.31. The number of aryl methyl sites for hydroxylation is 1. The van der Waals surface area contributed by atoms with E-state index in [0.29, 0.717) is 30.6 Å². The predicted molar refractivity (Wildman–Crippen MR) is 53.2 cm³/mol. The molecule has 0 aromatic heterocycles. The fourth-order valence-corrected chi connectivity index (χ4v) is 1.29. The van der Waals surface area contributed by atoms with Crippen molar-refractivity contribution in [2.75, 3.05) is 12.3 Å². The molecule has 0 aliphatic rings. The zero-order valence-corrected chi connectivity index (χ0v) is 8.14. The third-order valence-electron chi connectivity index (χ3n) is 2.12. The second-order valence-electron chi connectivity index (χ2n) is 3.30. The first-order chi connectivity index (χ1) is 6.95. The van der Waals surface area contributed by atoms with Crippen LogP contribution in [-0.4, -0.2) is 6.54 Å². The molecular weight excluding hydrogens is 205 g/mol. The van der Waals surface area contributed by atoms with Crippen LogP contribution in [0.4, 0.5) is 18.9 Å². The van der Waals surface area contributed by atoms with E-state index in [1.807, 2.05) is 0 Å². The van der Waals surface area contributed by atoms with Gasteiger partial charge in [-0.3, -0.25) is 0 Å². The van der Waals surface area contributed by atoms with Crippen LogP contribution in [0, 0.1) is 0 Å². The van der Waals surface area contributed by atoms with E-state index in [-0.39, 0.29) is 0 Å². The normalized spacial score (nSPS) is 11.7. The van der Waals surface area contributed by atoms with E-state index >= 15 is 0 Å². The predicted octanol–water partition coefficient (Wildman–Crippen LogP) is 2.18.